The van der Waals surface area contributed by atoms with Crippen molar-refractivity contribution in [3.63, 3.8) is 0 Å². The summed E-state index contributed by atoms with van der Waals surface area (Å²) in [5, 5.41) is 25.7. The summed E-state index contributed by atoms with van der Waals surface area (Å²) < 4.78 is 54.1. The van der Waals surface area contributed by atoms with Gasteiger partial charge in [-0.15, -0.1) is 0 Å². The summed E-state index contributed by atoms with van der Waals surface area (Å²) in [6.07, 6.45) is 2.76. The van der Waals surface area contributed by atoms with Gasteiger partial charge in [0.2, 0.25) is 0 Å². The highest BCUT2D eigenvalue weighted by molar-refractivity contribution is 6.02. The van der Waals surface area contributed by atoms with Crippen LogP contribution in [0.4, 0.5) is 19.0 Å². The van der Waals surface area contributed by atoms with Crippen molar-refractivity contribution in [1.82, 2.24) is 29.6 Å². The second-order valence-corrected chi connectivity index (χ2v) is 12.9. The molecule has 0 bridgehead atoms. The van der Waals surface area contributed by atoms with Gasteiger partial charge in [-0.2, -0.15) is 15.1 Å². The molecule has 11 nitrogen and oxygen atoms in total. The molecule has 0 radical (unpaired) electrons. The van der Waals surface area contributed by atoms with Crippen molar-refractivity contribution in [1.29, 1.82) is 0 Å². The van der Waals surface area contributed by atoms with Crippen LogP contribution in [0.2, 0.25) is 0 Å². The summed E-state index contributed by atoms with van der Waals surface area (Å²) in [7, 11) is 1.66. The standard InChI is InChI=1S/C34H32F3N7O4/c1-3-20-24(36)6-5-17-9-19(45)10-21(26(17)20)28-27(37)29-22(12-38-28)31(43-14-23-25(15-43)42(2)41-30(23)32(46)47)40-33(39-29)48-16-34-7-4-8-44(34)13-18(35)11-34/h5-6,9-10,12,18,45H,3-4,7-8,11,13-16H2,1-2H3,(H,46,47)/t18-,34+/m1/s1. The van der Waals surface area contributed by atoms with Crippen LogP contribution in [0.1, 0.15) is 53.5 Å². The number of carbonyl (C=O) groups is 1. The van der Waals surface area contributed by atoms with Crippen molar-refractivity contribution < 1.29 is 32.9 Å². The number of phenols is 1. The number of carboxylic acids is 1. The number of ether oxygens (including phenoxy) is 1. The number of phenolic OH excluding ortho intramolecular Hbond substituents is 1. The molecule has 3 aliphatic heterocycles. The number of pyridine rings is 1. The molecule has 0 saturated carbocycles. The Balaban J connectivity index is 1.28. The third kappa shape index (κ3) is 4.64. The summed E-state index contributed by atoms with van der Waals surface area (Å²) in [6.45, 7) is 3.38. The number of benzene rings is 2. The lowest BCUT2D eigenvalue weighted by atomic mass is 9.94. The zero-order valence-corrected chi connectivity index (χ0v) is 26.3. The zero-order chi connectivity index (χ0) is 33.5. The number of hydrogen-bond acceptors (Lipinski definition) is 9. The number of aryl methyl sites for hydroxylation is 2. The van der Waals surface area contributed by atoms with Crippen LogP contribution < -0.4 is 9.64 Å². The number of nitrogens with zero attached hydrogens (tertiary/aromatic N) is 7. The Kier molecular flexibility index (Phi) is 6.98. The Bertz CT molecular complexity index is 2160. The van der Waals surface area contributed by atoms with Gasteiger partial charge in [0.15, 0.2) is 11.5 Å². The fourth-order valence-corrected chi connectivity index (χ4v) is 7.91. The minimum absolute atomic E-state index is 0.0754. The lowest BCUT2D eigenvalue weighted by molar-refractivity contribution is 0.0688. The molecule has 6 heterocycles. The third-order valence-electron chi connectivity index (χ3n) is 10.1. The quantitative estimate of drug-likeness (QED) is 0.238. The molecular weight excluding hydrogens is 627 g/mol. The van der Waals surface area contributed by atoms with Crippen LogP contribution in [0, 0.1) is 11.6 Å². The van der Waals surface area contributed by atoms with Gasteiger partial charge < -0.3 is 19.8 Å². The number of aromatic hydroxyl groups is 1. The average molecular weight is 660 g/mol. The molecule has 248 valence electrons. The number of alkyl halides is 1. The van der Waals surface area contributed by atoms with E-state index in [1.54, 1.807) is 18.9 Å². The second kappa shape index (κ2) is 11.0. The fraction of sp³-hybridized carbons (Fsp3) is 0.382. The number of carboxylic acid groups (broad SMARTS) is 1. The van der Waals surface area contributed by atoms with Crippen LogP contribution in [0.5, 0.6) is 11.8 Å². The Hall–Kier alpha value is -4.98. The Labute approximate surface area is 272 Å². The van der Waals surface area contributed by atoms with E-state index in [1.165, 1.54) is 35.1 Å². The number of rotatable bonds is 7. The van der Waals surface area contributed by atoms with Crippen LogP contribution in [0.25, 0.3) is 32.9 Å². The van der Waals surface area contributed by atoms with Crippen molar-refractivity contribution in [2.24, 2.45) is 7.05 Å². The van der Waals surface area contributed by atoms with E-state index in [4.69, 9.17) is 9.72 Å². The van der Waals surface area contributed by atoms with Crippen LogP contribution in [-0.2, 0) is 26.6 Å². The molecule has 0 unspecified atom stereocenters. The number of anilines is 1. The number of halogens is 3. The summed E-state index contributed by atoms with van der Waals surface area (Å²) >= 11 is 0. The van der Waals surface area contributed by atoms with Crippen molar-refractivity contribution in [3.8, 4) is 23.0 Å². The van der Waals surface area contributed by atoms with Gasteiger partial charge in [0, 0.05) is 43.9 Å². The summed E-state index contributed by atoms with van der Waals surface area (Å²) in [6, 6.07) is 5.57. The van der Waals surface area contributed by atoms with Crippen LogP contribution in [0.15, 0.2) is 30.5 Å². The molecule has 2 saturated heterocycles. The first-order valence-corrected chi connectivity index (χ1v) is 15.9. The maximum atomic E-state index is 16.9. The number of aromatic carboxylic acids is 1. The van der Waals surface area contributed by atoms with Gasteiger partial charge in [0.1, 0.15) is 41.4 Å². The predicted molar refractivity (Wildman–Crippen MR) is 170 cm³/mol. The average Bonchev–Trinajstić information content (AvgIpc) is 3.80. The lowest BCUT2D eigenvalue weighted by Crippen LogP contribution is -2.43. The molecule has 2 fully saturated rings. The SMILES string of the molecule is CCc1c(F)ccc2cc(O)cc(-c3ncc4c(N5Cc6c(C(=O)O)nn(C)c6C5)nc(OC[C@@]56CCCN5C[C@H](F)C6)nc4c3F)c12. The molecule has 2 aromatic carbocycles. The molecule has 5 aromatic rings. The minimum atomic E-state index is -1.16. The first kappa shape index (κ1) is 30.4. The van der Waals surface area contributed by atoms with E-state index in [9.17, 15) is 23.8 Å². The Morgan fingerprint density at radius 1 is 1.19 bits per heavy atom. The molecule has 8 rings (SSSR count). The van der Waals surface area contributed by atoms with Gasteiger partial charge in [-0.25, -0.2) is 18.0 Å². The van der Waals surface area contributed by atoms with E-state index in [1.807, 2.05) is 0 Å². The van der Waals surface area contributed by atoms with Gasteiger partial charge in [0.05, 0.1) is 23.2 Å². The van der Waals surface area contributed by atoms with E-state index in [0.717, 1.165) is 19.4 Å². The van der Waals surface area contributed by atoms with Crippen molar-refractivity contribution in [3.05, 3.63) is 64.6 Å². The highest BCUT2D eigenvalue weighted by Crippen LogP contribution is 2.42. The van der Waals surface area contributed by atoms with Gasteiger partial charge in [-0.05, 0) is 60.3 Å². The topological polar surface area (TPSA) is 130 Å². The molecule has 2 N–H and O–H groups in total. The number of aromatic nitrogens is 5. The van der Waals surface area contributed by atoms with E-state index in [-0.39, 0.29) is 65.1 Å². The maximum Gasteiger partial charge on any atom is 0.356 e. The van der Waals surface area contributed by atoms with Gasteiger partial charge in [-0.1, -0.05) is 13.0 Å². The van der Waals surface area contributed by atoms with Crippen molar-refractivity contribution in [2.45, 2.75) is 57.4 Å². The van der Waals surface area contributed by atoms with Gasteiger partial charge in [-0.3, -0.25) is 14.6 Å². The van der Waals surface area contributed by atoms with Crippen LogP contribution in [0.3, 0.4) is 0 Å². The summed E-state index contributed by atoms with van der Waals surface area (Å²) in [5.74, 6) is -2.30. The molecule has 0 amide bonds. The largest absolute Gasteiger partial charge is 0.508 e. The normalized spacial score (nSPS) is 20.6. The van der Waals surface area contributed by atoms with E-state index in [0.29, 0.717) is 47.0 Å². The Morgan fingerprint density at radius 2 is 2.02 bits per heavy atom. The number of hydrogen-bond donors (Lipinski definition) is 2. The van der Waals surface area contributed by atoms with Gasteiger partial charge in [0.25, 0.3) is 0 Å². The molecule has 14 heteroatoms. The van der Waals surface area contributed by atoms with Crippen molar-refractivity contribution in [2.75, 3.05) is 24.6 Å². The minimum Gasteiger partial charge on any atom is -0.508 e. The molecule has 48 heavy (non-hydrogen) atoms. The van der Waals surface area contributed by atoms with Crippen LogP contribution >= 0.6 is 0 Å². The number of fused-ring (bicyclic) bond motifs is 4. The molecule has 2 atom stereocenters. The van der Waals surface area contributed by atoms with Gasteiger partial charge >= 0.3 is 12.0 Å². The maximum absolute atomic E-state index is 16.9. The smallest absolute Gasteiger partial charge is 0.356 e. The predicted octanol–water partition coefficient (Wildman–Crippen LogP) is 5.30. The van der Waals surface area contributed by atoms with Crippen LogP contribution in [-0.4, -0.2) is 77.2 Å². The first-order chi connectivity index (χ1) is 23.1. The third-order valence-corrected chi connectivity index (χ3v) is 10.1. The molecule has 3 aromatic heterocycles. The van der Waals surface area contributed by atoms with E-state index in [2.05, 4.69) is 20.0 Å². The molecule has 0 aliphatic carbocycles. The summed E-state index contributed by atoms with van der Waals surface area (Å²) in [5.41, 5.74) is 0.914. The van der Waals surface area contributed by atoms with E-state index < -0.39 is 29.3 Å². The molecule has 0 spiro atoms. The zero-order valence-electron chi connectivity index (χ0n) is 26.3. The first-order valence-electron chi connectivity index (χ1n) is 15.9. The fourth-order valence-electron chi connectivity index (χ4n) is 7.91. The highest BCUT2D eigenvalue weighted by atomic mass is 19.1. The molecule has 3 aliphatic rings. The van der Waals surface area contributed by atoms with Crippen molar-refractivity contribution >= 4 is 33.5 Å². The van der Waals surface area contributed by atoms with E-state index >= 15 is 4.39 Å². The lowest BCUT2D eigenvalue weighted by Gasteiger charge is -2.31. The Morgan fingerprint density at radius 3 is 2.81 bits per heavy atom. The second-order valence-electron chi connectivity index (χ2n) is 12.9. The monoisotopic (exact) mass is 659 g/mol. The molecular formula is C34H32F3N7O4. The summed E-state index contributed by atoms with van der Waals surface area (Å²) in [4.78, 5) is 29.5. The highest BCUT2D eigenvalue weighted by Gasteiger charge is 2.49.